The Morgan fingerprint density at radius 2 is 1.83 bits per heavy atom. The van der Waals surface area contributed by atoms with Gasteiger partial charge in [0.25, 0.3) is 5.91 Å². The molecule has 1 saturated heterocycles. The van der Waals surface area contributed by atoms with Crippen molar-refractivity contribution in [1.82, 2.24) is 4.90 Å². The fourth-order valence-corrected chi connectivity index (χ4v) is 3.41. The van der Waals surface area contributed by atoms with Crippen LogP contribution in [0.2, 0.25) is 0 Å². The van der Waals surface area contributed by atoms with Gasteiger partial charge in [0, 0.05) is 18.7 Å². The van der Waals surface area contributed by atoms with E-state index in [-0.39, 0.29) is 18.4 Å². The molecule has 1 aromatic rings. The Labute approximate surface area is 135 Å². The van der Waals surface area contributed by atoms with Crippen molar-refractivity contribution < 1.29 is 24.2 Å². The normalized spacial score (nSPS) is 23.7. The molecule has 23 heavy (non-hydrogen) atoms. The molecule has 3 rings (SSSR count). The highest BCUT2D eigenvalue weighted by Crippen LogP contribution is 2.44. The Kier molecular flexibility index (Phi) is 4.15. The number of hydrogen-bond acceptors (Lipinski definition) is 4. The minimum Gasteiger partial charge on any atom is -0.493 e. The number of rotatable bonds is 5. The van der Waals surface area contributed by atoms with Crippen LogP contribution < -0.4 is 9.47 Å². The van der Waals surface area contributed by atoms with Crippen LogP contribution in [0.4, 0.5) is 0 Å². The third-order valence-corrected chi connectivity index (χ3v) is 4.83. The summed E-state index contributed by atoms with van der Waals surface area (Å²) in [5.74, 6) is 0.183. The number of aliphatic carboxylic acids is 1. The average molecular weight is 319 g/mol. The molecule has 0 unspecified atom stereocenters. The Morgan fingerprint density at radius 1 is 1.13 bits per heavy atom. The Balaban J connectivity index is 1.79. The fourth-order valence-electron chi connectivity index (χ4n) is 3.41. The number of nitrogens with zero attached hydrogens (tertiary/aromatic N) is 1. The van der Waals surface area contributed by atoms with Crippen molar-refractivity contribution >= 4 is 11.9 Å². The number of carbonyl (C=O) groups excluding carboxylic acids is 1. The van der Waals surface area contributed by atoms with Gasteiger partial charge in [-0.3, -0.25) is 9.59 Å². The van der Waals surface area contributed by atoms with Crippen LogP contribution in [0.15, 0.2) is 18.2 Å². The average Bonchev–Trinajstić information content (AvgIpc) is 3.31. The van der Waals surface area contributed by atoms with Gasteiger partial charge in [0.1, 0.15) is 0 Å². The van der Waals surface area contributed by atoms with E-state index in [0.29, 0.717) is 29.5 Å². The molecule has 1 aliphatic heterocycles. The molecule has 0 radical (unpaired) electrons. The molecule has 0 spiro atoms. The van der Waals surface area contributed by atoms with Crippen molar-refractivity contribution in [2.45, 2.75) is 12.8 Å². The quantitative estimate of drug-likeness (QED) is 0.897. The maximum absolute atomic E-state index is 12.7. The second-order valence-corrected chi connectivity index (χ2v) is 6.23. The number of hydrogen-bond donors (Lipinski definition) is 1. The fraction of sp³-hybridized carbons (Fsp3) is 0.529. The highest BCUT2D eigenvalue weighted by molar-refractivity contribution is 5.95. The summed E-state index contributed by atoms with van der Waals surface area (Å²) in [5, 5.41) is 9.41. The summed E-state index contributed by atoms with van der Waals surface area (Å²) in [6, 6.07) is 5.01. The molecule has 1 aromatic carbocycles. The van der Waals surface area contributed by atoms with Crippen LogP contribution in [0.5, 0.6) is 11.5 Å². The maximum Gasteiger partial charge on any atom is 0.308 e. The van der Waals surface area contributed by atoms with E-state index in [9.17, 15) is 14.7 Å². The third kappa shape index (κ3) is 2.98. The molecule has 1 heterocycles. The van der Waals surface area contributed by atoms with Crippen LogP contribution in [0.3, 0.4) is 0 Å². The molecule has 2 fully saturated rings. The summed E-state index contributed by atoms with van der Waals surface area (Å²) < 4.78 is 10.4. The van der Waals surface area contributed by atoms with Crippen LogP contribution in [0.1, 0.15) is 23.2 Å². The smallest absolute Gasteiger partial charge is 0.308 e. The summed E-state index contributed by atoms with van der Waals surface area (Å²) in [5.41, 5.74) is 0.489. The summed E-state index contributed by atoms with van der Waals surface area (Å²) >= 11 is 0. The van der Waals surface area contributed by atoms with Crippen molar-refractivity contribution in [3.63, 3.8) is 0 Å². The molecule has 0 bridgehead atoms. The van der Waals surface area contributed by atoms with Gasteiger partial charge >= 0.3 is 5.97 Å². The Morgan fingerprint density at radius 3 is 2.39 bits per heavy atom. The first-order chi connectivity index (χ1) is 11.0. The van der Waals surface area contributed by atoms with Gasteiger partial charge in [0.05, 0.1) is 20.1 Å². The number of methoxy groups -OCH3 is 2. The van der Waals surface area contributed by atoms with E-state index in [1.807, 2.05) is 0 Å². The highest BCUT2D eigenvalue weighted by Gasteiger charge is 2.46. The summed E-state index contributed by atoms with van der Waals surface area (Å²) in [4.78, 5) is 25.8. The number of carboxylic acids is 1. The lowest BCUT2D eigenvalue weighted by Gasteiger charge is -2.17. The molecule has 1 amide bonds. The van der Waals surface area contributed by atoms with E-state index in [2.05, 4.69) is 0 Å². The van der Waals surface area contributed by atoms with Crippen molar-refractivity contribution in [3.8, 4) is 11.5 Å². The van der Waals surface area contributed by atoms with E-state index in [4.69, 9.17) is 9.47 Å². The zero-order valence-electron chi connectivity index (χ0n) is 13.3. The minimum absolute atomic E-state index is 0.0802. The van der Waals surface area contributed by atoms with Crippen molar-refractivity contribution in [2.75, 3.05) is 27.3 Å². The zero-order chi connectivity index (χ0) is 16.6. The van der Waals surface area contributed by atoms with E-state index in [1.165, 1.54) is 14.2 Å². The lowest BCUT2D eigenvalue weighted by Crippen LogP contribution is -2.29. The number of ether oxygens (including phenoxy) is 2. The molecule has 1 aliphatic carbocycles. The van der Waals surface area contributed by atoms with E-state index in [1.54, 1.807) is 23.1 Å². The molecule has 2 atom stereocenters. The maximum atomic E-state index is 12.7. The predicted octanol–water partition coefficient (Wildman–Crippen LogP) is 1.89. The number of carboxylic acid groups (broad SMARTS) is 1. The molecular formula is C17H21NO5. The monoisotopic (exact) mass is 319 g/mol. The van der Waals surface area contributed by atoms with E-state index >= 15 is 0 Å². The first-order valence-corrected chi connectivity index (χ1v) is 7.79. The highest BCUT2D eigenvalue weighted by atomic mass is 16.5. The molecule has 124 valence electrons. The third-order valence-electron chi connectivity index (χ3n) is 4.83. The second kappa shape index (κ2) is 6.10. The van der Waals surface area contributed by atoms with Crippen molar-refractivity contribution in [1.29, 1.82) is 0 Å². The number of likely N-dealkylation sites (tertiary alicyclic amines) is 1. The van der Waals surface area contributed by atoms with Crippen LogP contribution in [-0.4, -0.2) is 49.2 Å². The Hall–Kier alpha value is -2.24. The second-order valence-electron chi connectivity index (χ2n) is 6.23. The summed E-state index contributed by atoms with van der Waals surface area (Å²) in [7, 11) is 3.06. The summed E-state index contributed by atoms with van der Waals surface area (Å²) in [6.45, 7) is 0.804. The lowest BCUT2D eigenvalue weighted by molar-refractivity contribution is -0.142. The zero-order valence-corrected chi connectivity index (χ0v) is 13.3. The largest absolute Gasteiger partial charge is 0.493 e. The van der Waals surface area contributed by atoms with Crippen LogP contribution >= 0.6 is 0 Å². The Bertz CT molecular complexity index is 625. The molecule has 1 N–H and O–H groups in total. The van der Waals surface area contributed by atoms with E-state index < -0.39 is 11.9 Å². The van der Waals surface area contributed by atoms with Gasteiger partial charge in [0.2, 0.25) is 0 Å². The minimum atomic E-state index is -0.801. The predicted molar refractivity (Wildman–Crippen MR) is 82.8 cm³/mol. The number of benzene rings is 1. The molecule has 6 heteroatoms. The number of carbonyl (C=O) groups is 2. The lowest BCUT2D eigenvalue weighted by atomic mass is 9.92. The first-order valence-electron chi connectivity index (χ1n) is 7.79. The van der Waals surface area contributed by atoms with E-state index in [0.717, 1.165) is 12.8 Å². The molecular weight excluding hydrogens is 298 g/mol. The van der Waals surface area contributed by atoms with Gasteiger partial charge in [-0.25, -0.2) is 0 Å². The molecule has 6 nitrogen and oxygen atoms in total. The standard InChI is InChI=1S/C17H21NO5/c1-22-14-6-5-11(7-15(14)23-2)16(19)18-8-12(10-3-4-10)13(9-18)17(20)21/h5-7,10,12-13H,3-4,8-9H2,1-2H3,(H,20,21)/t12-,13+/m1/s1. The molecule has 1 saturated carbocycles. The van der Waals surface area contributed by atoms with Crippen LogP contribution in [0.25, 0.3) is 0 Å². The van der Waals surface area contributed by atoms with Crippen LogP contribution in [-0.2, 0) is 4.79 Å². The van der Waals surface area contributed by atoms with Gasteiger partial charge in [-0.15, -0.1) is 0 Å². The summed E-state index contributed by atoms with van der Waals surface area (Å²) in [6.07, 6.45) is 2.15. The van der Waals surface area contributed by atoms with Crippen LogP contribution in [0, 0.1) is 17.8 Å². The van der Waals surface area contributed by atoms with Gasteiger partial charge in [-0.2, -0.15) is 0 Å². The molecule has 2 aliphatic rings. The first kappa shape index (κ1) is 15.6. The van der Waals surface area contributed by atoms with Gasteiger partial charge in [0.15, 0.2) is 11.5 Å². The van der Waals surface area contributed by atoms with Gasteiger partial charge in [-0.05, 0) is 42.9 Å². The SMILES string of the molecule is COc1ccc(C(=O)N2C[C@H](C(=O)O)[C@@H](C3CC3)C2)cc1OC. The van der Waals surface area contributed by atoms with Gasteiger partial charge < -0.3 is 19.5 Å². The molecule has 0 aromatic heterocycles. The number of amides is 1. The topological polar surface area (TPSA) is 76.1 Å². The van der Waals surface area contributed by atoms with Crippen molar-refractivity contribution in [2.24, 2.45) is 17.8 Å². The van der Waals surface area contributed by atoms with Crippen molar-refractivity contribution in [3.05, 3.63) is 23.8 Å². The van der Waals surface area contributed by atoms with Gasteiger partial charge in [-0.1, -0.05) is 0 Å².